The van der Waals surface area contributed by atoms with Gasteiger partial charge in [-0.1, -0.05) is 24.4 Å². The van der Waals surface area contributed by atoms with Crippen LogP contribution >= 0.6 is 11.6 Å². The third-order valence-electron chi connectivity index (χ3n) is 4.21. The molecule has 1 aromatic rings. The monoisotopic (exact) mass is 418 g/mol. The third-order valence-corrected chi connectivity index (χ3v) is 5.92. The van der Waals surface area contributed by atoms with Crippen molar-refractivity contribution in [2.24, 2.45) is 0 Å². The highest BCUT2D eigenvalue weighted by Crippen LogP contribution is 2.17. The maximum absolute atomic E-state index is 12.4. The topological polar surface area (TPSA) is 122 Å². The van der Waals surface area contributed by atoms with Crippen molar-refractivity contribution >= 4 is 33.5 Å². The summed E-state index contributed by atoms with van der Waals surface area (Å²) in [5.41, 5.74) is 0. The first kappa shape index (κ1) is 21.6. The lowest BCUT2D eigenvalue weighted by atomic mass is 10.2. The predicted octanol–water partition coefficient (Wildman–Crippen LogP) is 0.970. The van der Waals surface area contributed by atoms with Crippen LogP contribution in [0.1, 0.15) is 32.6 Å². The molecule has 1 amide bonds. The molecule has 0 saturated heterocycles. The Morgan fingerprint density at radius 1 is 1.26 bits per heavy atom. The summed E-state index contributed by atoms with van der Waals surface area (Å²) in [6.45, 7) is 0.704. The van der Waals surface area contributed by atoms with E-state index in [1.807, 2.05) is 0 Å². The molecule has 27 heavy (non-hydrogen) atoms. The Hall–Kier alpha value is -1.68. The molecule has 0 bridgehead atoms. The van der Waals surface area contributed by atoms with E-state index in [2.05, 4.69) is 10.0 Å². The molecule has 8 nitrogen and oxygen atoms in total. The van der Waals surface area contributed by atoms with Crippen molar-refractivity contribution in [3.8, 4) is 0 Å². The molecule has 1 aliphatic rings. The van der Waals surface area contributed by atoms with E-state index in [9.17, 15) is 23.1 Å². The van der Waals surface area contributed by atoms with E-state index in [0.29, 0.717) is 5.02 Å². The van der Waals surface area contributed by atoms with E-state index in [4.69, 9.17) is 16.3 Å². The minimum atomic E-state index is -4.09. The van der Waals surface area contributed by atoms with Crippen LogP contribution in [0.15, 0.2) is 29.2 Å². The molecule has 2 atom stereocenters. The number of sulfonamides is 1. The Labute approximate surface area is 163 Å². The summed E-state index contributed by atoms with van der Waals surface area (Å²) in [5.74, 6) is -1.50. The molecule has 0 aliphatic heterocycles. The highest BCUT2D eigenvalue weighted by molar-refractivity contribution is 7.89. The third kappa shape index (κ3) is 6.46. The minimum absolute atomic E-state index is 0.0761. The van der Waals surface area contributed by atoms with Gasteiger partial charge in [-0.25, -0.2) is 8.42 Å². The van der Waals surface area contributed by atoms with Gasteiger partial charge >= 0.3 is 5.97 Å². The highest BCUT2D eigenvalue weighted by atomic mass is 35.5. The molecule has 0 radical (unpaired) electrons. The number of esters is 1. The lowest BCUT2D eigenvalue weighted by molar-refractivity contribution is -0.152. The smallest absolute Gasteiger partial charge is 0.327 e. The van der Waals surface area contributed by atoms with Crippen LogP contribution in [0, 0.1) is 0 Å². The lowest BCUT2D eigenvalue weighted by Gasteiger charge is -2.20. The predicted molar refractivity (Wildman–Crippen MR) is 98.6 cm³/mol. The first-order valence-electron chi connectivity index (χ1n) is 8.61. The minimum Gasteiger partial charge on any atom is -0.454 e. The number of rotatable bonds is 8. The molecule has 3 N–H and O–H groups in total. The maximum Gasteiger partial charge on any atom is 0.327 e. The summed E-state index contributed by atoms with van der Waals surface area (Å²) in [4.78, 5) is 23.9. The fraction of sp³-hybridized carbons (Fsp3) is 0.529. The fourth-order valence-electron chi connectivity index (χ4n) is 2.76. The molecule has 0 aromatic heterocycles. The van der Waals surface area contributed by atoms with Gasteiger partial charge in [0.05, 0.1) is 11.0 Å². The van der Waals surface area contributed by atoms with E-state index in [-0.39, 0.29) is 10.9 Å². The van der Waals surface area contributed by atoms with Crippen LogP contribution < -0.4 is 10.0 Å². The van der Waals surface area contributed by atoms with Crippen LogP contribution in [0.4, 0.5) is 0 Å². The summed E-state index contributed by atoms with van der Waals surface area (Å²) in [5, 5.41) is 12.9. The van der Waals surface area contributed by atoms with Gasteiger partial charge in [-0.15, -0.1) is 0 Å². The number of carbonyl (C=O) groups is 2. The van der Waals surface area contributed by atoms with Crippen molar-refractivity contribution in [2.75, 3.05) is 6.61 Å². The molecular formula is C17H23ClN2O6S. The normalized spacial score (nSPS) is 17.3. The summed E-state index contributed by atoms with van der Waals surface area (Å²) >= 11 is 5.73. The van der Waals surface area contributed by atoms with Crippen molar-refractivity contribution in [3.63, 3.8) is 0 Å². The Bertz CT molecular complexity index is 760. The largest absolute Gasteiger partial charge is 0.454 e. The van der Waals surface area contributed by atoms with E-state index in [1.165, 1.54) is 31.2 Å². The van der Waals surface area contributed by atoms with Gasteiger partial charge in [0.25, 0.3) is 5.91 Å². The quantitative estimate of drug-likeness (QED) is 0.541. The molecule has 1 fully saturated rings. The van der Waals surface area contributed by atoms with Gasteiger partial charge in [0.15, 0.2) is 6.61 Å². The number of carbonyl (C=O) groups excluding carboxylic acids is 2. The number of aliphatic hydroxyl groups is 1. The molecule has 150 valence electrons. The summed E-state index contributed by atoms with van der Waals surface area (Å²) in [6.07, 6.45) is 2.49. The van der Waals surface area contributed by atoms with Gasteiger partial charge < -0.3 is 15.2 Å². The van der Waals surface area contributed by atoms with Crippen LogP contribution in [-0.2, 0) is 24.3 Å². The number of amides is 1. The van der Waals surface area contributed by atoms with Gasteiger partial charge in [-0.05, 0) is 44.0 Å². The number of halogens is 1. The number of hydrogen-bond donors (Lipinski definition) is 3. The Kier molecular flexibility index (Phi) is 7.60. The van der Waals surface area contributed by atoms with E-state index in [0.717, 1.165) is 25.7 Å². The molecule has 1 aliphatic carbocycles. The summed E-state index contributed by atoms with van der Waals surface area (Å²) in [6, 6.07) is 3.84. The zero-order valence-corrected chi connectivity index (χ0v) is 16.4. The molecule has 1 saturated carbocycles. The van der Waals surface area contributed by atoms with Crippen LogP contribution in [0.5, 0.6) is 0 Å². The van der Waals surface area contributed by atoms with Gasteiger partial charge in [-0.2, -0.15) is 4.72 Å². The molecular weight excluding hydrogens is 396 g/mol. The second-order valence-corrected chi connectivity index (χ2v) is 8.60. The Morgan fingerprint density at radius 2 is 1.85 bits per heavy atom. The molecule has 0 heterocycles. The van der Waals surface area contributed by atoms with E-state index in [1.54, 1.807) is 0 Å². The first-order chi connectivity index (χ1) is 12.7. The first-order valence-corrected chi connectivity index (χ1v) is 10.5. The zero-order chi connectivity index (χ0) is 20.0. The summed E-state index contributed by atoms with van der Waals surface area (Å²) < 4.78 is 31.7. The van der Waals surface area contributed by atoms with Crippen molar-refractivity contribution in [3.05, 3.63) is 29.3 Å². The van der Waals surface area contributed by atoms with Crippen molar-refractivity contribution in [2.45, 2.75) is 55.7 Å². The maximum atomic E-state index is 12.4. The molecule has 0 spiro atoms. The van der Waals surface area contributed by atoms with Gasteiger partial charge in [0, 0.05) is 11.1 Å². The van der Waals surface area contributed by atoms with Crippen LogP contribution in [-0.4, -0.2) is 50.2 Å². The average molecular weight is 419 g/mol. The lowest BCUT2D eigenvalue weighted by Crippen LogP contribution is -2.49. The summed E-state index contributed by atoms with van der Waals surface area (Å²) in [7, 11) is -4.09. The molecule has 2 rings (SSSR count). The van der Waals surface area contributed by atoms with Crippen molar-refractivity contribution in [1.82, 2.24) is 10.0 Å². The Balaban J connectivity index is 1.95. The van der Waals surface area contributed by atoms with Crippen LogP contribution in [0.2, 0.25) is 5.02 Å². The number of hydrogen-bond acceptors (Lipinski definition) is 6. The van der Waals surface area contributed by atoms with E-state index >= 15 is 0 Å². The zero-order valence-electron chi connectivity index (χ0n) is 14.9. The number of aliphatic hydroxyl groups excluding tert-OH is 1. The van der Waals surface area contributed by atoms with Crippen molar-refractivity contribution < 1.29 is 27.9 Å². The fourth-order valence-corrected chi connectivity index (χ4v) is 4.14. The SMILES string of the molecule is C[C@H](O)[C@H](NS(=O)(=O)c1ccc(Cl)cc1)C(=O)OCC(=O)NC1CCCC1. The standard InChI is InChI=1S/C17H23ClN2O6S/c1-11(21)16(20-27(24,25)14-8-6-12(18)7-9-14)17(23)26-10-15(22)19-13-4-2-3-5-13/h6-9,11,13,16,20-21H,2-5,10H2,1H3,(H,19,22)/t11-,16-/m0/s1. The Morgan fingerprint density at radius 3 is 2.41 bits per heavy atom. The highest BCUT2D eigenvalue weighted by Gasteiger charge is 2.31. The van der Waals surface area contributed by atoms with Crippen LogP contribution in [0.25, 0.3) is 0 Å². The van der Waals surface area contributed by atoms with Gasteiger partial charge in [0.1, 0.15) is 6.04 Å². The van der Waals surface area contributed by atoms with Gasteiger partial charge in [-0.3, -0.25) is 9.59 Å². The number of ether oxygens (including phenoxy) is 1. The van der Waals surface area contributed by atoms with Crippen LogP contribution in [0.3, 0.4) is 0 Å². The second kappa shape index (κ2) is 9.50. The molecule has 0 unspecified atom stereocenters. The second-order valence-electron chi connectivity index (χ2n) is 6.45. The number of benzene rings is 1. The van der Waals surface area contributed by atoms with Gasteiger partial charge in [0.2, 0.25) is 10.0 Å². The molecule has 10 heteroatoms. The average Bonchev–Trinajstić information content (AvgIpc) is 3.10. The van der Waals surface area contributed by atoms with E-state index < -0.39 is 40.7 Å². The number of nitrogens with one attached hydrogen (secondary N) is 2. The molecule has 1 aromatic carbocycles. The van der Waals surface area contributed by atoms with Crippen molar-refractivity contribution in [1.29, 1.82) is 0 Å².